The minimum atomic E-state index is -0.495. The Kier molecular flexibility index (Phi) is 5.08. The molecule has 0 spiro atoms. The van der Waals surface area contributed by atoms with Gasteiger partial charge in [0.05, 0.1) is 17.6 Å². The number of carbonyl (C=O) groups is 2. The highest BCUT2D eigenvalue weighted by atomic mass is 79.9. The van der Waals surface area contributed by atoms with Crippen LogP contribution in [0.15, 0.2) is 64.5 Å². The van der Waals surface area contributed by atoms with E-state index in [1.807, 2.05) is 60.8 Å². The molecule has 2 heterocycles. The van der Waals surface area contributed by atoms with Crippen LogP contribution >= 0.6 is 27.3 Å². The van der Waals surface area contributed by atoms with Gasteiger partial charge in [-0.3, -0.25) is 9.59 Å². The lowest BCUT2D eigenvalue weighted by molar-refractivity contribution is -0.119. The average Bonchev–Trinajstić information content (AvgIpc) is 3.21. The lowest BCUT2D eigenvalue weighted by Gasteiger charge is -2.39. The van der Waals surface area contributed by atoms with Crippen molar-refractivity contribution in [3.05, 3.63) is 86.0 Å². The third-order valence-electron chi connectivity index (χ3n) is 5.08. The van der Waals surface area contributed by atoms with Crippen molar-refractivity contribution in [3.63, 3.8) is 0 Å². The van der Waals surface area contributed by atoms with Gasteiger partial charge in [-0.15, -0.1) is 11.3 Å². The maximum atomic E-state index is 13.5. The molecule has 0 saturated heterocycles. The van der Waals surface area contributed by atoms with Gasteiger partial charge in [0.25, 0.3) is 5.91 Å². The molecule has 1 aromatic heterocycles. The minimum Gasteiger partial charge on any atom is -0.333 e. The van der Waals surface area contributed by atoms with E-state index < -0.39 is 5.92 Å². The molecule has 0 fully saturated rings. The zero-order chi connectivity index (χ0) is 19.8. The molecule has 6 heteroatoms. The van der Waals surface area contributed by atoms with Crippen LogP contribution in [0.1, 0.15) is 38.3 Å². The molecule has 3 aromatic rings. The molecule has 4 rings (SSSR count). The van der Waals surface area contributed by atoms with E-state index in [1.54, 1.807) is 29.4 Å². The van der Waals surface area contributed by atoms with E-state index in [0.717, 1.165) is 26.2 Å². The molecule has 28 heavy (non-hydrogen) atoms. The number of amides is 2. The fourth-order valence-corrected chi connectivity index (χ4v) is 5.20. The van der Waals surface area contributed by atoms with E-state index in [0.29, 0.717) is 5.56 Å². The Bertz CT molecular complexity index is 1050. The molecule has 142 valence electrons. The molecule has 0 radical (unpaired) electrons. The van der Waals surface area contributed by atoms with Crippen LogP contribution in [0.2, 0.25) is 0 Å². The minimum absolute atomic E-state index is 0.0606. The summed E-state index contributed by atoms with van der Waals surface area (Å²) >= 11 is 5.09. The molecule has 4 nitrogen and oxygen atoms in total. The van der Waals surface area contributed by atoms with Crippen LogP contribution < -0.4 is 5.32 Å². The normalized spacial score (nSPS) is 18.7. The van der Waals surface area contributed by atoms with Gasteiger partial charge in [0.1, 0.15) is 0 Å². The van der Waals surface area contributed by atoms with Crippen LogP contribution in [0.25, 0.3) is 0 Å². The van der Waals surface area contributed by atoms with E-state index in [1.165, 1.54) is 0 Å². The van der Waals surface area contributed by atoms with E-state index in [9.17, 15) is 9.59 Å². The number of anilines is 1. The number of hydrogen-bond donors (Lipinski definition) is 1. The highest BCUT2D eigenvalue weighted by Crippen LogP contribution is 2.44. The third kappa shape index (κ3) is 3.27. The number of thiophene rings is 1. The first-order valence-electron chi connectivity index (χ1n) is 8.94. The summed E-state index contributed by atoms with van der Waals surface area (Å²) in [5.41, 5.74) is 3.18. The highest BCUT2D eigenvalue weighted by Gasteiger charge is 2.43. The number of likely N-dealkylation sites (N-methyl/N-ethyl adjacent to an activating group) is 1. The lowest BCUT2D eigenvalue weighted by Crippen LogP contribution is -2.43. The number of hydrogen-bond acceptors (Lipinski definition) is 3. The van der Waals surface area contributed by atoms with Crippen molar-refractivity contribution >= 4 is 44.8 Å². The second-order valence-electron chi connectivity index (χ2n) is 6.91. The first-order chi connectivity index (χ1) is 13.5. The zero-order valence-corrected chi connectivity index (χ0v) is 17.9. The summed E-state index contributed by atoms with van der Waals surface area (Å²) in [7, 11) is 1.77. The fraction of sp³-hybridized carbons (Fsp3) is 0.182. The van der Waals surface area contributed by atoms with Crippen LogP contribution in [-0.2, 0) is 4.79 Å². The quantitative estimate of drug-likeness (QED) is 0.578. The van der Waals surface area contributed by atoms with Crippen molar-refractivity contribution in [2.75, 3.05) is 12.4 Å². The smallest absolute Gasteiger partial charge is 0.254 e. The van der Waals surface area contributed by atoms with Crippen LogP contribution in [0, 0.1) is 6.92 Å². The van der Waals surface area contributed by atoms with Gasteiger partial charge < -0.3 is 10.2 Å². The number of benzene rings is 2. The van der Waals surface area contributed by atoms with Gasteiger partial charge in [0.15, 0.2) is 0 Å². The van der Waals surface area contributed by atoms with E-state index >= 15 is 0 Å². The molecule has 1 aliphatic heterocycles. The molecular weight excluding hydrogens is 436 g/mol. The molecule has 0 aliphatic carbocycles. The molecule has 2 aromatic carbocycles. The predicted octanol–water partition coefficient (Wildman–Crippen LogP) is 5.37. The number of aryl methyl sites for hydroxylation is 1. The van der Waals surface area contributed by atoms with Crippen molar-refractivity contribution in [1.29, 1.82) is 0 Å². The van der Waals surface area contributed by atoms with Gasteiger partial charge in [-0.1, -0.05) is 30.3 Å². The maximum absolute atomic E-state index is 13.5. The van der Waals surface area contributed by atoms with Crippen molar-refractivity contribution in [3.8, 4) is 0 Å². The Balaban J connectivity index is 1.79. The monoisotopic (exact) mass is 454 g/mol. The number of fused-ring (bicyclic) bond motifs is 1. The molecule has 0 bridgehead atoms. The number of rotatable bonds is 3. The summed E-state index contributed by atoms with van der Waals surface area (Å²) in [4.78, 5) is 29.1. The Morgan fingerprint density at radius 3 is 2.64 bits per heavy atom. The largest absolute Gasteiger partial charge is 0.333 e. The summed E-state index contributed by atoms with van der Waals surface area (Å²) in [6.45, 7) is 2.00. The van der Waals surface area contributed by atoms with Crippen LogP contribution in [0.5, 0.6) is 0 Å². The average molecular weight is 455 g/mol. The van der Waals surface area contributed by atoms with Gasteiger partial charge in [0.2, 0.25) is 5.91 Å². The molecule has 1 aliphatic rings. The summed E-state index contributed by atoms with van der Waals surface area (Å²) in [6.07, 6.45) is 0. The molecule has 0 saturated carbocycles. The van der Waals surface area contributed by atoms with Crippen molar-refractivity contribution in [2.45, 2.75) is 18.9 Å². The maximum Gasteiger partial charge on any atom is 0.254 e. The topological polar surface area (TPSA) is 49.4 Å². The predicted molar refractivity (Wildman–Crippen MR) is 116 cm³/mol. The Labute approximate surface area is 176 Å². The van der Waals surface area contributed by atoms with Crippen LogP contribution in [-0.4, -0.2) is 23.8 Å². The van der Waals surface area contributed by atoms with Gasteiger partial charge in [-0.25, -0.2) is 0 Å². The summed E-state index contributed by atoms with van der Waals surface area (Å²) in [5, 5.41) is 5.03. The molecular formula is C22H19BrN2O2S. The fourth-order valence-electron chi connectivity index (χ4n) is 3.70. The number of carbonyl (C=O) groups excluding carboxylic acids is 2. The summed E-state index contributed by atoms with van der Waals surface area (Å²) in [6, 6.07) is 16.8. The first-order valence-corrected chi connectivity index (χ1v) is 10.6. The molecule has 0 unspecified atom stereocenters. The number of nitrogens with zero attached hydrogens (tertiary/aromatic N) is 1. The van der Waals surface area contributed by atoms with E-state index in [2.05, 4.69) is 21.2 Å². The third-order valence-corrected chi connectivity index (χ3v) is 6.68. The Morgan fingerprint density at radius 1 is 1.14 bits per heavy atom. The summed E-state index contributed by atoms with van der Waals surface area (Å²) < 4.78 is 0.835. The van der Waals surface area contributed by atoms with Gasteiger partial charge in [0, 0.05) is 22.0 Å². The van der Waals surface area contributed by atoms with Crippen molar-refractivity contribution in [1.82, 2.24) is 4.90 Å². The Morgan fingerprint density at radius 2 is 1.93 bits per heavy atom. The molecule has 2 amide bonds. The molecule has 2 atom stereocenters. The van der Waals surface area contributed by atoms with Crippen LogP contribution in [0.4, 0.5) is 5.69 Å². The standard InChI is InChI=1S/C22H19BrN2O2S/c1-13-9-10-17(16(23)12-13)24-21(26)19-14-6-3-4-7-15(14)22(27)25(2)20(19)18-8-5-11-28-18/h3-12,19-20H,1-2H3,(H,24,26)/t19-,20+/m0/s1. The van der Waals surface area contributed by atoms with Gasteiger partial charge in [-0.2, -0.15) is 0 Å². The second-order valence-corrected chi connectivity index (χ2v) is 8.75. The SMILES string of the molecule is Cc1ccc(NC(=O)[C@H]2c3ccccc3C(=O)N(C)[C@@H]2c2cccs2)c(Br)c1. The van der Waals surface area contributed by atoms with E-state index in [4.69, 9.17) is 0 Å². The van der Waals surface area contributed by atoms with Crippen LogP contribution in [0.3, 0.4) is 0 Å². The van der Waals surface area contributed by atoms with Gasteiger partial charge >= 0.3 is 0 Å². The van der Waals surface area contributed by atoms with Gasteiger partial charge in [-0.05, 0) is 63.6 Å². The first kappa shape index (κ1) is 18.9. The van der Waals surface area contributed by atoms with Crippen molar-refractivity contribution < 1.29 is 9.59 Å². The lowest BCUT2D eigenvalue weighted by atomic mass is 9.81. The van der Waals surface area contributed by atoms with Crippen molar-refractivity contribution in [2.24, 2.45) is 0 Å². The summed E-state index contributed by atoms with van der Waals surface area (Å²) in [5.74, 6) is -0.685. The molecule has 1 N–H and O–H groups in total. The second kappa shape index (κ2) is 7.53. The zero-order valence-electron chi connectivity index (χ0n) is 15.5. The number of halogens is 1. The Hall–Kier alpha value is -2.44. The number of nitrogens with one attached hydrogen (secondary N) is 1. The van der Waals surface area contributed by atoms with E-state index in [-0.39, 0.29) is 17.9 Å². The highest BCUT2D eigenvalue weighted by molar-refractivity contribution is 9.10.